The summed E-state index contributed by atoms with van der Waals surface area (Å²) in [6.45, 7) is 0.337. The van der Waals surface area contributed by atoms with Crippen molar-refractivity contribution in [3.05, 3.63) is 67.6 Å². The standard InChI is InChI=1S/C15H14Br2ClNO/c16-10-4-5-12(14(17)7-10)15(20)13(8-19)9-2-1-3-11(18)6-9/h1-7,13,15,20H,8,19H2. The van der Waals surface area contributed by atoms with E-state index in [-0.39, 0.29) is 5.92 Å². The number of rotatable bonds is 4. The molecule has 2 aromatic carbocycles. The number of hydrogen-bond acceptors (Lipinski definition) is 2. The first-order chi connectivity index (χ1) is 9.52. The number of aliphatic hydroxyl groups is 1. The van der Waals surface area contributed by atoms with Crippen LogP contribution in [0.1, 0.15) is 23.1 Å². The van der Waals surface area contributed by atoms with Gasteiger partial charge in [-0.15, -0.1) is 0 Å². The van der Waals surface area contributed by atoms with Gasteiger partial charge in [-0.05, 0) is 35.4 Å². The molecule has 2 aromatic rings. The molecule has 0 radical (unpaired) electrons. The SMILES string of the molecule is NCC(c1cccc(Cl)c1)C(O)c1ccc(Br)cc1Br. The second-order valence-electron chi connectivity index (χ2n) is 4.51. The van der Waals surface area contributed by atoms with Crippen molar-refractivity contribution >= 4 is 43.5 Å². The molecular formula is C15H14Br2ClNO. The fourth-order valence-corrected chi connectivity index (χ4v) is 3.62. The molecule has 0 fully saturated rings. The van der Waals surface area contributed by atoms with Gasteiger partial charge in [-0.3, -0.25) is 0 Å². The van der Waals surface area contributed by atoms with E-state index in [9.17, 15) is 5.11 Å². The van der Waals surface area contributed by atoms with Crippen LogP contribution >= 0.6 is 43.5 Å². The summed E-state index contributed by atoms with van der Waals surface area (Å²) in [6.07, 6.45) is -0.694. The van der Waals surface area contributed by atoms with Crippen LogP contribution in [0.5, 0.6) is 0 Å². The zero-order chi connectivity index (χ0) is 14.7. The van der Waals surface area contributed by atoms with Gasteiger partial charge in [0.05, 0.1) is 6.10 Å². The summed E-state index contributed by atoms with van der Waals surface area (Å²) >= 11 is 12.9. The minimum Gasteiger partial charge on any atom is -0.388 e. The Hall–Kier alpha value is -0.390. The molecule has 3 N–H and O–H groups in total. The molecule has 0 saturated heterocycles. The molecule has 0 aliphatic heterocycles. The van der Waals surface area contributed by atoms with Crippen LogP contribution in [0.25, 0.3) is 0 Å². The average Bonchev–Trinajstić information content (AvgIpc) is 2.39. The van der Waals surface area contributed by atoms with Crippen LogP contribution in [0, 0.1) is 0 Å². The molecule has 2 unspecified atom stereocenters. The van der Waals surface area contributed by atoms with Crippen LogP contribution < -0.4 is 5.73 Å². The maximum absolute atomic E-state index is 10.6. The average molecular weight is 420 g/mol. The minimum atomic E-state index is -0.694. The van der Waals surface area contributed by atoms with Crippen LogP contribution in [0.15, 0.2) is 51.4 Å². The largest absolute Gasteiger partial charge is 0.388 e. The van der Waals surface area contributed by atoms with E-state index in [1.807, 2.05) is 36.4 Å². The first kappa shape index (κ1) is 16.0. The molecule has 2 nitrogen and oxygen atoms in total. The summed E-state index contributed by atoms with van der Waals surface area (Å²) in [4.78, 5) is 0. The molecule has 20 heavy (non-hydrogen) atoms. The summed E-state index contributed by atoms with van der Waals surface area (Å²) in [5.41, 5.74) is 7.59. The number of benzene rings is 2. The summed E-state index contributed by atoms with van der Waals surface area (Å²) in [6, 6.07) is 13.1. The van der Waals surface area contributed by atoms with Crippen LogP contribution in [-0.4, -0.2) is 11.7 Å². The van der Waals surface area contributed by atoms with Crippen LogP contribution in [-0.2, 0) is 0 Å². The van der Waals surface area contributed by atoms with Crippen molar-refractivity contribution in [3.63, 3.8) is 0 Å². The zero-order valence-corrected chi connectivity index (χ0v) is 14.5. The first-order valence-corrected chi connectivity index (χ1v) is 8.08. The van der Waals surface area contributed by atoms with Crippen molar-refractivity contribution in [1.29, 1.82) is 0 Å². The van der Waals surface area contributed by atoms with Gasteiger partial charge in [0.15, 0.2) is 0 Å². The van der Waals surface area contributed by atoms with E-state index in [4.69, 9.17) is 17.3 Å². The molecule has 2 atom stereocenters. The monoisotopic (exact) mass is 417 g/mol. The lowest BCUT2D eigenvalue weighted by Crippen LogP contribution is -2.20. The third-order valence-electron chi connectivity index (χ3n) is 3.19. The van der Waals surface area contributed by atoms with Gasteiger partial charge in [0.1, 0.15) is 0 Å². The number of aliphatic hydroxyl groups excluding tert-OH is 1. The quantitative estimate of drug-likeness (QED) is 0.758. The van der Waals surface area contributed by atoms with E-state index < -0.39 is 6.10 Å². The Labute approximate surface area is 140 Å². The summed E-state index contributed by atoms with van der Waals surface area (Å²) < 4.78 is 1.80. The van der Waals surface area contributed by atoms with E-state index in [0.717, 1.165) is 20.1 Å². The van der Waals surface area contributed by atoms with E-state index in [1.54, 1.807) is 6.07 Å². The molecule has 0 amide bonds. The van der Waals surface area contributed by atoms with Gasteiger partial charge in [-0.1, -0.05) is 61.7 Å². The predicted octanol–water partition coefficient (Wildman–Crippen LogP) is 4.64. The van der Waals surface area contributed by atoms with Gasteiger partial charge in [0.2, 0.25) is 0 Å². The minimum absolute atomic E-state index is 0.203. The fraction of sp³-hybridized carbons (Fsp3) is 0.200. The van der Waals surface area contributed by atoms with E-state index in [2.05, 4.69) is 31.9 Å². The van der Waals surface area contributed by atoms with Gasteiger partial charge >= 0.3 is 0 Å². The van der Waals surface area contributed by atoms with Crippen molar-refractivity contribution in [2.75, 3.05) is 6.54 Å². The van der Waals surface area contributed by atoms with Crippen LogP contribution in [0.4, 0.5) is 0 Å². The zero-order valence-electron chi connectivity index (χ0n) is 10.6. The van der Waals surface area contributed by atoms with Crippen LogP contribution in [0.2, 0.25) is 5.02 Å². The third kappa shape index (κ3) is 3.62. The van der Waals surface area contributed by atoms with Crippen molar-refractivity contribution in [2.24, 2.45) is 5.73 Å². The summed E-state index contributed by atoms with van der Waals surface area (Å²) in [5.74, 6) is -0.203. The van der Waals surface area contributed by atoms with Gasteiger partial charge in [-0.25, -0.2) is 0 Å². The molecule has 0 aliphatic rings. The summed E-state index contributed by atoms with van der Waals surface area (Å²) in [7, 11) is 0. The van der Waals surface area contributed by atoms with E-state index >= 15 is 0 Å². The normalized spacial score (nSPS) is 14.1. The highest BCUT2D eigenvalue weighted by molar-refractivity contribution is 9.11. The Morgan fingerprint density at radius 2 is 1.90 bits per heavy atom. The van der Waals surface area contributed by atoms with E-state index in [0.29, 0.717) is 11.6 Å². The van der Waals surface area contributed by atoms with Gasteiger partial charge < -0.3 is 10.8 Å². The lowest BCUT2D eigenvalue weighted by atomic mass is 9.89. The highest BCUT2D eigenvalue weighted by Crippen LogP contribution is 2.35. The summed E-state index contributed by atoms with van der Waals surface area (Å²) in [5, 5.41) is 11.3. The van der Waals surface area contributed by atoms with Crippen molar-refractivity contribution in [2.45, 2.75) is 12.0 Å². The topological polar surface area (TPSA) is 46.2 Å². The smallest absolute Gasteiger partial charge is 0.0881 e. The van der Waals surface area contributed by atoms with Gasteiger partial charge in [-0.2, -0.15) is 0 Å². The van der Waals surface area contributed by atoms with Gasteiger partial charge in [0.25, 0.3) is 0 Å². The maximum atomic E-state index is 10.6. The molecule has 0 saturated carbocycles. The molecule has 0 aliphatic carbocycles. The Balaban J connectivity index is 2.36. The molecule has 0 spiro atoms. The molecule has 0 bridgehead atoms. The maximum Gasteiger partial charge on any atom is 0.0881 e. The predicted molar refractivity (Wildman–Crippen MR) is 90.0 cm³/mol. The fourth-order valence-electron chi connectivity index (χ4n) is 2.14. The second-order valence-corrected chi connectivity index (χ2v) is 6.71. The number of hydrogen-bond donors (Lipinski definition) is 2. The Morgan fingerprint density at radius 3 is 2.50 bits per heavy atom. The molecule has 106 valence electrons. The van der Waals surface area contributed by atoms with Crippen molar-refractivity contribution < 1.29 is 5.11 Å². The molecular weight excluding hydrogens is 405 g/mol. The first-order valence-electron chi connectivity index (χ1n) is 6.11. The molecule has 0 aromatic heterocycles. The number of halogens is 3. The highest BCUT2D eigenvalue weighted by atomic mass is 79.9. The second kappa shape index (κ2) is 7.05. The van der Waals surface area contributed by atoms with E-state index in [1.165, 1.54) is 0 Å². The third-order valence-corrected chi connectivity index (χ3v) is 4.61. The van der Waals surface area contributed by atoms with Crippen molar-refractivity contribution in [1.82, 2.24) is 0 Å². The Kier molecular flexibility index (Phi) is 5.64. The lowest BCUT2D eigenvalue weighted by Gasteiger charge is -2.23. The Bertz CT molecular complexity index is 606. The highest BCUT2D eigenvalue weighted by Gasteiger charge is 2.23. The molecule has 0 heterocycles. The van der Waals surface area contributed by atoms with Gasteiger partial charge in [0, 0.05) is 26.4 Å². The number of nitrogens with two attached hydrogens (primary N) is 1. The lowest BCUT2D eigenvalue weighted by molar-refractivity contribution is 0.146. The molecule has 5 heteroatoms. The molecule has 2 rings (SSSR count). The van der Waals surface area contributed by atoms with Crippen molar-refractivity contribution in [3.8, 4) is 0 Å². The van der Waals surface area contributed by atoms with Crippen LogP contribution in [0.3, 0.4) is 0 Å². The Morgan fingerprint density at radius 1 is 1.15 bits per heavy atom.